The van der Waals surface area contributed by atoms with Crippen LogP contribution in [0.15, 0.2) is 18.7 Å². The van der Waals surface area contributed by atoms with Crippen molar-refractivity contribution in [1.82, 2.24) is 0 Å². The monoisotopic (exact) mass is 204 g/mol. The Balaban J connectivity index is 3.46. The van der Waals surface area contributed by atoms with Gasteiger partial charge in [-0.15, -0.1) is 8.86 Å². The fraction of sp³-hybridized carbons (Fsp3) is 0.308. The molecule has 0 amide bonds. The van der Waals surface area contributed by atoms with E-state index in [1.54, 1.807) is 0 Å². The van der Waals surface area contributed by atoms with E-state index in [4.69, 9.17) is 0 Å². The normalized spacial score (nSPS) is 10.0. The molecule has 0 N–H and O–H groups in total. The molecule has 0 atom stereocenters. The van der Waals surface area contributed by atoms with Gasteiger partial charge < -0.3 is 0 Å². The minimum absolute atomic E-state index is 1.11. The molecule has 0 aliphatic carbocycles. The van der Waals surface area contributed by atoms with E-state index in [9.17, 15) is 0 Å². The molecule has 0 saturated heterocycles. The van der Waals surface area contributed by atoms with Crippen LogP contribution >= 0.6 is 8.86 Å². The molecule has 1 rings (SSSR count). The van der Waals surface area contributed by atoms with Crippen molar-refractivity contribution in [2.45, 2.75) is 27.7 Å². The van der Waals surface area contributed by atoms with Crippen molar-refractivity contribution in [1.29, 1.82) is 0 Å². The Kier molecular flexibility index (Phi) is 3.29. The van der Waals surface area contributed by atoms with Crippen molar-refractivity contribution >= 4 is 19.7 Å². The first-order valence-electron chi connectivity index (χ1n) is 4.76. The largest absolute Gasteiger partial charge is 0.118 e. The fourth-order valence-corrected chi connectivity index (χ4v) is 1.69. The zero-order valence-electron chi connectivity index (χ0n) is 9.36. The quantitative estimate of drug-likeness (QED) is 0.638. The van der Waals surface area contributed by atoms with Gasteiger partial charge in [-0.25, -0.2) is 0 Å². The summed E-state index contributed by atoms with van der Waals surface area (Å²) in [4.78, 5) is 0. The summed E-state index contributed by atoms with van der Waals surface area (Å²) in [5, 5.41) is 1.16. The summed E-state index contributed by atoms with van der Waals surface area (Å²) in [5.41, 5.74) is 6.24. The van der Waals surface area contributed by atoms with Crippen molar-refractivity contribution in [3.63, 3.8) is 0 Å². The molecule has 74 valence electrons. The molecule has 1 aromatic rings. The van der Waals surface area contributed by atoms with Gasteiger partial charge in [0.2, 0.25) is 0 Å². The third-order valence-electron chi connectivity index (χ3n) is 2.50. The fourth-order valence-electron chi connectivity index (χ4n) is 1.48. The average Bonchev–Trinajstić information content (AvgIpc) is 2.08. The summed E-state index contributed by atoms with van der Waals surface area (Å²) in [6, 6.07) is 4.42. The Bertz CT molecular complexity index is 361. The molecule has 0 saturated carbocycles. The highest BCUT2D eigenvalue weighted by molar-refractivity contribution is 7.22. The van der Waals surface area contributed by atoms with Gasteiger partial charge in [-0.3, -0.25) is 0 Å². The van der Waals surface area contributed by atoms with E-state index in [1.807, 2.05) is 6.92 Å². The topological polar surface area (TPSA) is 0 Å². The third-order valence-corrected chi connectivity index (χ3v) is 2.77. The second kappa shape index (κ2) is 4.11. The van der Waals surface area contributed by atoms with E-state index in [0.717, 1.165) is 10.9 Å². The highest BCUT2D eigenvalue weighted by Gasteiger charge is 2.06. The minimum atomic E-state index is 1.11. The lowest BCUT2D eigenvalue weighted by atomic mass is 9.94. The predicted molar refractivity (Wildman–Crippen MR) is 68.7 cm³/mol. The highest BCUT2D eigenvalue weighted by atomic mass is 31.0. The molecular weight excluding hydrogens is 187 g/mol. The molecule has 1 heteroatoms. The first-order chi connectivity index (χ1) is 6.43. The van der Waals surface area contributed by atoms with E-state index >= 15 is 0 Å². The van der Waals surface area contributed by atoms with Crippen molar-refractivity contribution in [3.8, 4) is 0 Å². The second-order valence-electron chi connectivity index (χ2n) is 3.89. The first-order valence-corrected chi connectivity index (χ1v) is 5.26. The number of allylic oxidation sites excluding steroid dienone is 1. The van der Waals surface area contributed by atoms with Gasteiger partial charge in [-0.05, 0) is 55.2 Å². The first kappa shape index (κ1) is 11.2. The Morgan fingerprint density at radius 1 is 1.07 bits per heavy atom. The maximum atomic E-state index is 4.00. The standard InChI is InChI=1S/C13H17P/c1-8(2)12-6-9(3)10(4)7-13(12)11(5)14/h6-7,14H,1H2,2-5H3. The lowest BCUT2D eigenvalue weighted by Gasteiger charge is -2.12. The maximum absolute atomic E-state index is 4.00. The van der Waals surface area contributed by atoms with Crippen molar-refractivity contribution < 1.29 is 0 Å². The van der Waals surface area contributed by atoms with Gasteiger partial charge in [-0.2, -0.15) is 0 Å². The SMILES string of the molecule is C=C(C)c1cc(C)c(C)cc1C(C)=P. The molecule has 0 bridgehead atoms. The molecule has 0 fully saturated rings. The summed E-state index contributed by atoms with van der Waals surface area (Å²) in [7, 11) is 3.59. The van der Waals surface area contributed by atoms with Crippen molar-refractivity contribution in [2.75, 3.05) is 0 Å². The molecule has 0 aliphatic rings. The average molecular weight is 204 g/mol. The van der Waals surface area contributed by atoms with Gasteiger partial charge >= 0.3 is 0 Å². The lowest BCUT2D eigenvalue weighted by Crippen LogP contribution is -1.98. The van der Waals surface area contributed by atoms with E-state index < -0.39 is 0 Å². The smallest absolute Gasteiger partial charge is 0.0109 e. The molecule has 1 aromatic carbocycles. The molecule has 0 heterocycles. The second-order valence-corrected chi connectivity index (χ2v) is 4.64. The van der Waals surface area contributed by atoms with E-state index in [1.165, 1.54) is 22.3 Å². The van der Waals surface area contributed by atoms with Crippen LogP contribution in [-0.4, -0.2) is 5.29 Å². The Hall–Kier alpha value is -0.870. The molecular formula is C13H17P. The molecule has 0 radical (unpaired) electrons. The summed E-state index contributed by atoms with van der Waals surface area (Å²) < 4.78 is 0. The van der Waals surface area contributed by atoms with Gasteiger partial charge in [0.25, 0.3) is 0 Å². The zero-order chi connectivity index (χ0) is 10.9. The zero-order valence-corrected chi connectivity index (χ0v) is 10.4. The van der Waals surface area contributed by atoms with Crippen LogP contribution in [0.5, 0.6) is 0 Å². The molecule has 0 unspecified atom stereocenters. The van der Waals surface area contributed by atoms with Crippen LogP contribution in [0.25, 0.3) is 5.57 Å². The van der Waals surface area contributed by atoms with Crippen molar-refractivity contribution in [2.24, 2.45) is 0 Å². The number of benzene rings is 1. The summed E-state index contributed by atoms with van der Waals surface area (Å²) in [6.07, 6.45) is 0. The summed E-state index contributed by atoms with van der Waals surface area (Å²) in [6.45, 7) is 12.4. The van der Waals surface area contributed by atoms with Crippen LogP contribution in [-0.2, 0) is 0 Å². The number of hydrogen-bond donors (Lipinski definition) is 0. The number of aryl methyl sites for hydroxylation is 2. The van der Waals surface area contributed by atoms with Gasteiger partial charge in [0, 0.05) is 0 Å². The van der Waals surface area contributed by atoms with Crippen LogP contribution < -0.4 is 0 Å². The van der Waals surface area contributed by atoms with E-state index in [2.05, 4.69) is 48.3 Å². The molecule has 0 aromatic heterocycles. The minimum Gasteiger partial charge on any atom is -0.118 e. The Labute approximate surface area is 88.9 Å². The van der Waals surface area contributed by atoms with Gasteiger partial charge in [0.1, 0.15) is 0 Å². The number of rotatable bonds is 2. The summed E-state index contributed by atoms with van der Waals surface area (Å²) in [5.74, 6) is 0. The van der Waals surface area contributed by atoms with E-state index in [-0.39, 0.29) is 0 Å². The van der Waals surface area contributed by atoms with Crippen LogP contribution in [0.1, 0.15) is 36.1 Å². The van der Waals surface area contributed by atoms with Gasteiger partial charge in [0.15, 0.2) is 0 Å². The van der Waals surface area contributed by atoms with Crippen LogP contribution in [0.3, 0.4) is 0 Å². The highest BCUT2D eigenvalue weighted by Crippen LogP contribution is 2.22. The molecule has 0 nitrogen and oxygen atoms in total. The molecule has 0 aliphatic heterocycles. The summed E-state index contributed by atoms with van der Waals surface area (Å²) >= 11 is 0. The predicted octanol–water partition coefficient (Wildman–Crippen LogP) is 4.02. The van der Waals surface area contributed by atoms with E-state index in [0.29, 0.717) is 0 Å². The maximum Gasteiger partial charge on any atom is -0.0109 e. The van der Waals surface area contributed by atoms with Crippen LogP contribution in [0.2, 0.25) is 0 Å². The third kappa shape index (κ3) is 2.13. The van der Waals surface area contributed by atoms with Gasteiger partial charge in [0.05, 0.1) is 0 Å². The molecule has 14 heavy (non-hydrogen) atoms. The van der Waals surface area contributed by atoms with Crippen LogP contribution in [0, 0.1) is 13.8 Å². The van der Waals surface area contributed by atoms with Crippen LogP contribution in [0.4, 0.5) is 0 Å². The lowest BCUT2D eigenvalue weighted by molar-refractivity contribution is 1.32. The van der Waals surface area contributed by atoms with Crippen molar-refractivity contribution in [3.05, 3.63) is 41.0 Å². The Morgan fingerprint density at radius 2 is 1.50 bits per heavy atom. The Morgan fingerprint density at radius 3 is 1.86 bits per heavy atom. The number of hydrogen-bond acceptors (Lipinski definition) is 0. The molecule has 0 spiro atoms. The van der Waals surface area contributed by atoms with Gasteiger partial charge in [-0.1, -0.05) is 24.3 Å².